The van der Waals surface area contributed by atoms with Crippen LogP contribution < -0.4 is 0 Å². The molecule has 0 bridgehead atoms. The Labute approximate surface area is 400 Å². The Hall–Kier alpha value is -2.99. The number of rotatable bonds is 44. The van der Waals surface area contributed by atoms with Crippen LogP contribution in [0.25, 0.3) is 0 Å². The van der Waals surface area contributed by atoms with Crippen molar-refractivity contribution in [1.82, 2.24) is 14.7 Å². The van der Waals surface area contributed by atoms with Gasteiger partial charge in [-0.05, 0) is 38.6 Å². The molecular formula is C48H88N3O15P. The van der Waals surface area contributed by atoms with E-state index in [0.29, 0.717) is 58.3 Å². The van der Waals surface area contributed by atoms with E-state index in [1.807, 2.05) is 11.8 Å². The van der Waals surface area contributed by atoms with Gasteiger partial charge < -0.3 is 34.6 Å². The highest BCUT2D eigenvalue weighted by Gasteiger charge is 2.43. The third-order valence-electron chi connectivity index (χ3n) is 12.2. The summed E-state index contributed by atoms with van der Waals surface area (Å²) in [6.07, 6.45) is 20.2. The van der Waals surface area contributed by atoms with Crippen LogP contribution in [0.4, 0.5) is 0 Å². The maximum atomic E-state index is 12.9. The number of esters is 2. The zero-order valence-electron chi connectivity index (χ0n) is 41.3. The van der Waals surface area contributed by atoms with Crippen molar-refractivity contribution in [3.63, 3.8) is 0 Å². The minimum absolute atomic E-state index is 0.0271. The molecule has 1 aliphatic rings. The molecule has 1 heterocycles. The largest absolute Gasteiger partial charge is 0.480 e. The highest BCUT2D eigenvalue weighted by Crippen LogP contribution is 2.43. The van der Waals surface area contributed by atoms with E-state index >= 15 is 0 Å². The van der Waals surface area contributed by atoms with Gasteiger partial charge in [-0.2, -0.15) is 0 Å². The van der Waals surface area contributed by atoms with E-state index in [1.54, 1.807) is 4.90 Å². The van der Waals surface area contributed by atoms with Crippen molar-refractivity contribution >= 4 is 43.5 Å². The van der Waals surface area contributed by atoms with Gasteiger partial charge in [-0.15, -0.1) is 0 Å². The molecule has 4 N–H and O–H groups in total. The maximum absolute atomic E-state index is 12.9. The molecule has 0 aliphatic carbocycles. The topological polar surface area (TPSA) is 247 Å². The molecule has 1 rings (SSSR count). The third-order valence-corrected chi connectivity index (χ3v) is 13.2. The zero-order valence-corrected chi connectivity index (χ0v) is 42.2. The van der Waals surface area contributed by atoms with Gasteiger partial charge in [0, 0.05) is 57.4 Å². The van der Waals surface area contributed by atoms with Crippen molar-refractivity contribution in [1.29, 1.82) is 0 Å². The normalized spacial score (nSPS) is 17.1. The molecule has 390 valence electrons. The maximum Gasteiger partial charge on any atom is 0.472 e. The minimum atomic E-state index is -4.66. The number of carboxylic acids is 3. The van der Waals surface area contributed by atoms with Crippen molar-refractivity contribution < 1.29 is 72.1 Å². The predicted molar refractivity (Wildman–Crippen MR) is 255 cm³/mol. The molecule has 3 atom stereocenters. The molecule has 0 spiro atoms. The van der Waals surface area contributed by atoms with Crippen LogP contribution in [-0.2, 0) is 51.9 Å². The summed E-state index contributed by atoms with van der Waals surface area (Å²) in [7, 11) is -4.66. The molecule has 67 heavy (non-hydrogen) atoms. The Morgan fingerprint density at radius 3 is 1.58 bits per heavy atom. The quantitative estimate of drug-likeness (QED) is 0.0255. The predicted octanol–water partition coefficient (Wildman–Crippen LogP) is 8.26. The standard InChI is InChI=1S/C48H88N3O15P/c1-4-7-9-11-13-15-17-19-21-28-46(59)63-37-42(66-47(60)29-22-20-18-16-14-12-10-8-5-2)38-65-67(61,62)64-33-25-27-41(52)26-23-24-30-48(51(35-44(55)56)36-45(57)58)39-49(6-3)31-32-50(40-48)34-43(53)54/h42H,4-40H2,1-3H3,(H,53,54)(H,55,56)(H,57,58)(H,61,62). The molecule has 19 heteroatoms. The fourth-order valence-corrected chi connectivity index (χ4v) is 9.29. The first-order valence-electron chi connectivity index (χ1n) is 25.4. The van der Waals surface area contributed by atoms with Crippen molar-refractivity contribution in [2.75, 3.05) is 72.2 Å². The first kappa shape index (κ1) is 62.0. The number of hydrogen-bond donors (Lipinski definition) is 4. The minimum Gasteiger partial charge on any atom is -0.480 e. The number of aliphatic carboxylic acids is 3. The molecule has 1 aliphatic heterocycles. The molecule has 1 saturated heterocycles. The van der Waals surface area contributed by atoms with E-state index in [-0.39, 0.29) is 64.2 Å². The molecule has 18 nitrogen and oxygen atoms in total. The van der Waals surface area contributed by atoms with E-state index < -0.39 is 69.0 Å². The van der Waals surface area contributed by atoms with E-state index in [2.05, 4.69) is 13.8 Å². The van der Waals surface area contributed by atoms with Crippen LogP contribution in [0, 0.1) is 0 Å². The van der Waals surface area contributed by atoms with Crippen molar-refractivity contribution in [2.24, 2.45) is 0 Å². The van der Waals surface area contributed by atoms with Crippen LogP contribution in [0.15, 0.2) is 0 Å². The van der Waals surface area contributed by atoms with Crippen LogP contribution in [0.3, 0.4) is 0 Å². The number of carbonyl (C=O) groups excluding carboxylic acids is 3. The number of phosphoric ester groups is 1. The lowest BCUT2D eigenvalue weighted by Crippen LogP contribution is -2.61. The number of ether oxygens (including phenoxy) is 2. The van der Waals surface area contributed by atoms with Crippen LogP contribution in [0.1, 0.15) is 188 Å². The molecule has 0 amide bonds. The fraction of sp³-hybridized carbons (Fsp3) is 0.875. The first-order chi connectivity index (χ1) is 32.0. The van der Waals surface area contributed by atoms with Gasteiger partial charge in [0.1, 0.15) is 12.4 Å². The second-order valence-corrected chi connectivity index (χ2v) is 19.7. The van der Waals surface area contributed by atoms with Gasteiger partial charge in [0.2, 0.25) is 0 Å². The first-order valence-corrected chi connectivity index (χ1v) is 26.9. The van der Waals surface area contributed by atoms with Crippen LogP contribution in [0.2, 0.25) is 0 Å². The molecule has 1 fully saturated rings. The average molecular weight is 978 g/mol. The number of hydrogen-bond acceptors (Lipinski definition) is 14. The monoisotopic (exact) mass is 978 g/mol. The van der Waals surface area contributed by atoms with Gasteiger partial charge in [-0.3, -0.25) is 47.6 Å². The number of carboxylic acid groups (broad SMARTS) is 3. The summed E-state index contributed by atoms with van der Waals surface area (Å²) in [5.41, 5.74) is -1.02. The zero-order chi connectivity index (χ0) is 49.8. The van der Waals surface area contributed by atoms with Gasteiger partial charge in [0.05, 0.1) is 32.8 Å². The molecule has 3 unspecified atom stereocenters. The molecule has 0 aromatic heterocycles. The third kappa shape index (κ3) is 32.5. The van der Waals surface area contributed by atoms with Gasteiger partial charge in [0.15, 0.2) is 6.10 Å². The number of Topliss-reactive ketones (excluding diaryl/α,β-unsaturated/α-hetero) is 1. The van der Waals surface area contributed by atoms with Gasteiger partial charge >= 0.3 is 37.7 Å². The Kier molecular flexibility index (Phi) is 35.0. The summed E-state index contributed by atoms with van der Waals surface area (Å²) in [5, 5.41) is 29.0. The van der Waals surface area contributed by atoms with Crippen LogP contribution in [-0.4, -0.2) is 154 Å². The van der Waals surface area contributed by atoms with Crippen molar-refractivity contribution in [3.05, 3.63) is 0 Å². The number of likely N-dealkylation sites (N-methyl/N-ethyl adjacent to an activating group) is 1. The van der Waals surface area contributed by atoms with E-state index in [0.717, 1.165) is 38.5 Å². The lowest BCUT2D eigenvalue weighted by Gasteiger charge is -2.45. The Morgan fingerprint density at radius 2 is 1.06 bits per heavy atom. The molecular weight excluding hydrogens is 890 g/mol. The van der Waals surface area contributed by atoms with Crippen LogP contribution >= 0.6 is 7.82 Å². The molecule has 0 aromatic carbocycles. The van der Waals surface area contributed by atoms with E-state index in [1.165, 1.54) is 69.1 Å². The van der Waals surface area contributed by atoms with E-state index in [9.17, 15) is 53.5 Å². The van der Waals surface area contributed by atoms with Gasteiger partial charge in [-0.25, -0.2) is 4.57 Å². The van der Waals surface area contributed by atoms with Crippen molar-refractivity contribution in [3.8, 4) is 0 Å². The number of carbonyl (C=O) groups is 6. The van der Waals surface area contributed by atoms with Gasteiger partial charge in [0.25, 0.3) is 0 Å². The number of phosphoric acid groups is 1. The van der Waals surface area contributed by atoms with Gasteiger partial charge in [-0.1, -0.05) is 130 Å². The van der Waals surface area contributed by atoms with Crippen molar-refractivity contribution in [2.45, 2.75) is 199 Å². The molecule has 0 radical (unpaired) electrons. The number of nitrogens with zero attached hydrogens (tertiary/aromatic N) is 3. The second-order valence-electron chi connectivity index (χ2n) is 18.2. The summed E-state index contributed by atoms with van der Waals surface area (Å²) >= 11 is 0. The summed E-state index contributed by atoms with van der Waals surface area (Å²) in [4.78, 5) is 89.3. The fourth-order valence-electron chi connectivity index (χ4n) is 8.50. The van der Waals surface area contributed by atoms with Crippen LogP contribution in [0.5, 0.6) is 0 Å². The number of unbranched alkanes of at least 4 members (excludes halogenated alkanes) is 17. The summed E-state index contributed by atoms with van der Waals surface area (Å²) in [6, 6.07) is 0. The SMILES string of the molecule is CCCCCCCCCCCC(=O)OCC(COP(=O)(O)OCCCC(=O)CCCCC1(N(CC(=O)O)CC(=O)O)CN(CC)CCN(CC(=O)O)C1)OC(=O)CCCCCCCCCCC. The highest BCUT2D eigenvalue weighted by molar-refractivity contribution is 7.47. The summed E-state index contributed by atoms with van der Waals surface area (Å²) in [6.45, 7) is 5.69. The number of ketones is 1. The second kappa shape index (κ2) is 37.8. The highest BCUT2D eigenvalue weighted by atomic mass is 31.2. The Morgan fingerprint density at radius 1 is 0.582 bits per heavy atom. The molecule has 0 aromatic rings. The average Bonchev–Trinajstić information content (AvgIpc) is 3.45. The smallest absolute Gasteiger partial charge is 0.472 e. The lowest BCUT2D eigenvalue weighted by atomic mass is 9.88. The molecule has 0 saturated carbocycles. The summed E-state index contributed by atoms with van der Waals surface area (Å²) in [5.74, 6) is -4.60. The Balaban J connectivity index is 2.71. The Bertz CT molecular complexity index is 1440. The lowest BCUT2D eigenvalue weighted by molar-refractivity contribution is -0.161. The summed E-state index contributed by atoms with van der Waals surface area (Å²) < 4.78 is 34.1. The van der Waals surface area contributed by atoms with E-state index in [4.69, 9.17) is 18.5 Å².